The maximum atomic E-state index is 12.4. The van der Waals surface area contributed by atoms with Gasteiger partial charge in [0, 0.05) is 30.5 Å². The Morgan fingerprint density at radius 2 is 1.90 bits per heavy atom. The molecule has 0 fully saturated rings. The van der Waals surface area contributed by atoms with E-state index in [0.29, 0.717) is 11.4 Å². The van der Waals surface area contributed by atoms with Crippen molar-refractivity contribution in [2.45, 2.75) is 71.0 Å². The highest BCUT2D eigenvalue weighted by molar-refractivity contribution is 7.89. The van der Waals surface area contributed by atoms with E-state index < -0.39 is 10.0 Å². The SMILES string of the molecule is CCCC(C)NS(=O)(=O)c1cc(CNCC)n(C(C)C)c1. The van der Waals surface area contributed by atoms with E-state index in [0.717, 1.165) is 25.1 Å². The number of aromatic nitrogens is 1. The summed E-state index contributed by atoms with van der Waals surface area (Å²) in [7, 11) is -3.44. The number of nitrogens with one attached hydrogen (secondary N) is 2. The molecule has 0 saturated carbocycles. The van der Waals surface area contributed by atoms with Gasteiger partial charge in [0.15, 0.2) is 0 Å². The molecule has 5 nitrogen and oxygen atoms in total. The van der Waals surface area contributed by atoms with Gasteiger partial charge in [0.2, 0.25) is 10.0 Å². The average Bonchev–Trinajstić information content (AvgIpc) is 2.81. The van der Waals surface area contributed by atoms with Crippen LogP contribution in [-0.4, -0.2) is 25.6 Å². The zero-order valence-corrected chi connectivity index (χ0v) is 14.6. The molecule has 2 N–H and O–H groups in total. The fraction of sp³-hybridized carbons (Fsp3) is 0.733. The van der Waals surface area contributed by atoms with Gasteiger partial charge in [-0.25, -0.2) is 13.1 Å². The summed E-state index contributed by atoms with van der Waals surface area (Å²) in [5.74, 6) is 0. The van der Waals surface area contributed by atoms with E-state index in [9.17, 15) is 8.42 Å². The molecule has 0 radical (unpaired) electrons. The summed E-state index contributed by atoms with van der Waals surface area (Å²) in [6.45, 7) is 11.6. The predicted octanol–water partition coefficient (Wildman–Crippen LogP) is 2.65. The molecule has 1 unspecified atom stereocenters. The van der Waals surface area contributed by atoms with Crippen molar-refractivity contribution in [1.29, 1.82) is 0 Å². The van der Waals surface area contributed by atoms with Crippen LogP contribution in [0.4, 0.5) is 0 Å². The summed E-state index contributed by atoms with van der Waals surface area (Å²) in [6, 6.07) is 1.96. The van der Waals surface area contributed by atoms with Gasteiger partial charge in [0.1, 0.15) is 0 Å². The monoisotopic (exact) mass is 315 g/mol. The van der Waals surface area contributed by atoms with Gasteiger partial charge < -0.3 is 9.88 Å². The lowest BCUT2D eigenvalue weighted by molar-refractivity contribution is 0.541. The number of rotatable bonds is 9. The normalized spacial score (nSPS) is 13.8. The Labute approximate surface area is 129 Å². The van der Waals surface area contributed by atoms with Crippen LogP contribution in [0.25, 0.3) is 0 Å². The van der Waals surface area contributed by atoms with Crippen molar-refractivity contribution in [3.63, 3.8) is 0 Å². The number of sulfonamides is 1. The van der Waals surface area contributed by atoms with Crippen LogP contribution in [0.2, 0.25) is 0 Å². The third kappa shape index (κ3) is 5.13. The van der Waals surface area contributed by atoms with Crippen LogP contribution in [0.15, 0.2) is 17.2 Å². The second kappa shape index (κ2) is 7.96. The van der Waals surface area contributed by atoms with Crippen LogP contribution in [0.1, 0.15) is 59.2 Å². The summed E-state index contributed by atoms with van der Waals surface area (Å²) in [5.41, 5.74) is 0.996. The summed E-state index contributed by atoms with van der Waals surface area (Å²) < 4.78 is 29.6. The minimum Gasteiger partial charge on any atom is -0.346 e. The van der Waals surface area contributed by atoms with Gasteiger partial charge in [-0.2, -0.15) is 0 Å². The van der Waals surface area contributed by atoms with E-state index in [4.69, 9.17) is 0 Å². The molecule has 1 atom stereocenters. The number of hydrogen-bond acceptors (Lipinski definition) is 3. The number of nitrogens with zero attached hydrogens (tertiary/aromatic N) is 1. The van der Waals surface area contributed by atoms with E-state index >= 15 is 0 Å². The lowest BCUT2D eigenvalue weighted by atomic mass is 10.2. The first kappa shape index (κ1) is 18.2. The van der Waals surface area contributed by atoms with Crippen molar-refractivity contribution in [3.05, 3.63) is 18.0 Å². The lowest BCUT2D eigenvalue weighted by Gasteiger charge is -2.13. The van der Waals surface area contributed by atoms with E-state index in [1.165, 1.54) is 0 Å². The Morgan fingerprint density at radius 1 is 1.24 bits per heavy atom. The standard InChI is InChI=1S/C15H29N3O2S/c1-6-8-13(5)17-21(19,20)15-9-14(10-16-7-2)18(11-15)12(3)4/h9,11-13,16-17H,6-8,10H2,1-5H3. The van der Waals surface area contributed by atoms with E-state index in [1.807, 2.05) is 18.4 Å². The molecular weight excluding hydrogens is 286 g/mol. The largest absolute Gasteiger partial charge is 0.346 e. The Kier molecular flexibility index (Phi) is 6.90. The first-order valence-corrected chi connectivity index (χ1v) is 9.23. The third-order valence-corrected chi connectivity index (χ3v) is 4.96. The van der Waals surface area contributed by atoms with Crippen LogP contribution < -0.4 is 10.0 Å². The summed E-state index contributed by atoms with van der Waals surface area (Å²) in [4.78, 5) is 0.354. The first-order valence-electron chi connectivity index (χ1n) is 7.75. The zero-order chi connectivity index (χ0) is 16.0. The van der Waals surface area contributed by atoms with Crippen LogP contribution in [-0.2, 0) is 16.6 Å². The molecule has 21 heavy (non-hydrogen) atoms. The molecule has 0 aliphatic carbocycles. The maximum Gasteiger partial charge on any atom is 0.242 e. The Balaban J connectivity index is 3.01. The molecule has 1 aromatic heterocycles. The van der Waals surface area contributed by atoms with Crippen LogP contribution >= 0.6 is 0 Å². The molecule has 6 heteroatoms. The van der Waals surface area contributed by atoms with Crippen molar-refractivity contribution >= 4 is 10.0 Å². The van der Waals surface area contributed by atoms with Gasteiger partial charge >= 0.3 is 0 Å². The minimum atomic E-state index is -3.44. The molecule has 1 aromatic rings. The van der Waals surface area contributed by atoms with Crippen LogP contribution in [0.5, 0.6) is 0 Å². The first-order chi connectivity index (χ1) is 9.81. The molecule has 0 amide bonds. The minimum absolute atomic E-state index is 0.0420. The fourth-order valence-corrected chi connectivity index (χ4v) is 3.67. The zero-order valence-electron chi connectivity index (χ0n) is 13.8. The average molecular weight is 315 g/mol. The third-order valence-electron chi connectivity index (χ3n) is 3.41. The summed E-state index contributed by atoms with van der Waals surface area (Å²) >= 11 is 0. The molecule has 0 aliphatic rings. The fourth-order valence-electron chi connectivity index (χ4n) is 2.34. The number of hydrogen-bond donors (Lipinski definition) is 2. The Bertz CT molecular complexity index is 535. The van der Waals surface area contributed by atoms with Crippen molar-refractivity contribution in [2.24, 2.45) is 0 Å². The topological polar surface area (TPSA) is 63.1 Å². The predicted molar refractivity (Wildman–Crippen MR) is 86.9 cm³/mol. The smallest absolute Gasteiger partial charge is 0.242 e. The molecule has 122 valence electrons. The molecular formula is C15H29N3O2S. The highest BCUT2D eigenvalue weighted by Gasteiger charge is 2.21. The Morgan fingerprint density at radius 3 is 2.43 bits per heavy atom. The van der Waals surface area contributed by atoms with Gasteiger partial charge in [0.05, 0.1) is 4.90 Å². The van der Waals surface area contributed by atoms with Crippen LogP contribution in [0, 0.1) is 0 Å². The van der Waals surface area contributed by atoms with Gasteiger partial charge in [0.25, 0.3) is 0 Å². The molecule has 0 spiro atoms. The highest BCUT2D eigenvalue weighted by Crippen LogP contribution is 2.19. The summed E-state index contributed by atoms with van der Waals surface area (Å²) in [6.07, 6.45) is 3.54. The Hall–Kier alpha value is -0.850. The van der Waals surface area contributed by atoms with Crippen molar-refractivity contribution in [2.75, 3.05) is 6.54 Å². The highest BCUT2D eigenvalue weighted by atomic mass is 32.2. The molecule has 0 aliphatic heterocycles. The van der Waals surface area contributed by atoms with Crippen molar-refractivity contribution < 1.29 is 8.42 Å². The van der Waals surface area contributed by atoms with Crippen molar-refractivity contribution in [1.82, 2.24) is 14.6 Å². The van der Waals surface area contributed by atoms with Gasteiger partial charge in [-0.3, -0.25) is 0 Å². The van der Waals surface area contributed by atoms with Gasteiger partial charge in [-0.05, 0) is 39.8 Å². The second-order valence-corrected chi connectivity index (χ2v) is 7.47. The van der Waals surface area contributed by atoms with E-state index in [-0.39, 0.29) is 12.1 Å². The van der Waals surface area contributed by atoms with E-state index in [2.05, 4.69) is 30.8 Å². The van der Waals surface area contributed by atoms with E-state index in [1.54, 1.807) is 12.3 Å². The molecule has 0 saturated heterocycles. The van der Waals surface area contributed by atoms with Gasteiger partial charge in [-0.1, -0.05) is 20.3 Å². The quantitative estimate of drug-likeness (QED) is 0.736. The maximum absolute atomic E-state index is 12.4. The summed E-state index contributed by atoms with van der Waals surface area (Å²) in [5, 5.41) is 3.25. The second-order valence-electron chi connectivity index (χ2n) is 5.76. The molecule has 0 aromatic carbocycles. The van der Waals surface area contributed by atoms with Crippen LogP contribution in [0.3, 0.4) is 0 Å². The molecule has 0 bridgehead atoms. The molecule has 1 heterocycles. The lowest BCUT2D eigenvalue weighted by Crippen LogP contribution is -2.32. The van der Waals surface area contributed by atoms with Crippen molar-refractivity contribution in [3.8, 4) is 0 Å². The van der Waals surface area contributed by atoms with Gasteiger partial charge in [-0.15, -0.1) is 0 Å². The molecule has 1 rings (SSSR count).